The summed E-state index contributed by atoms with van der Waals surface area (Å²) >= 11 is 1.56. The van der Waals surface area contributed by atoms with Crippen LogP contribution >= 0.6 is 11.3 Å². The molecule has 4 heteroatoms. The molecule has 1 aromatic heterocycles. The number of benzene rings is 2. The predicted octanol–water partition coefficient (Wildman–Crippen LogP) is 3.76. The van der Waals surface area contributed by atoms with Crippen molar-refractivity contribution >= 4 is 16.5 Å². The molecule has 0 aliphatic heterocycles. The fourth-order valence-corrected chi connectivity index (χ4v) is 2.86. The molecule has 3 nitrogen and oxygen atoms in total. The number of hydrogen-bond acceptors (Lipinski definition) is 4. The van der Waals surface area contributed by atoms with E-state index in [-0.39, 0.29) is 0 Å². The molecule has 0 aliphatic rings. The maximum atomic E-state index is 5.49. The van der Waals surface area contributed by atoms with Gasteiger partial charge in [-0.1, -0.05) is 72.0 Å². The van der Waals surface area contributed by atoms with Gasteiger partial charge in [0.25, 0.3) is 0 Å². The largest absolute Gasteiger partial charge is 0.300 e. The summed E-state index contributed by atoms with van der Waals surface area (Å²) in [5, 5.41) is 0.720. The maximum absolute atomic E-state index is 5.49. The van der Waals surface area contributed by atoms with E-state index in [9.17, 15) is 0 Å². The van der Waals surface area contributed by atoms with Gasteiger partial charge in [-0.25, -0.2) is 10.8 Å². The average Bonchev–Trinajstić information content (AvgIpc) is 2.93. The van der Waals surface area contributed by atoms with Crippen LogP contribution in [-0.2, 0) is 0 Å². The Morgan fingerprint density at radius 1 is 0.842 bits per heavy atom. The lowest BCUT2D eigenvalue weighted by Crippen LogP contribution is -2.05. The second-order valence-corrected chi connectivity index (χ2v) is 5.07. The summed E-state index contributed by atoms with van der Waals surface area (Å²) in [6, 6.07) is 20.4. The summed E-state index contributed by atoms with van der Waals surface area (Å²) < 4.78 is 0. The minimum atomic E-state index is 0.720. The lowest BCUT2D eigenvalue weighted by Gasteiger charge is -2.02. The quantitative estimate of drug-likeness (QED) is 0.561. The van der Waals surface area contributed by atoms with Gasteiger partial charge >= 0.3 is 0 Å². The molecule has 0 atom stereocenters. The molecule has 3 aromatic rings. The molecule has 19 heavy (non-hydrogen) atoms. The van der Waals surface area contributed by atoms with Crippen molar-refractivity contribution in [2.24, 2.45) is 5.84 Å². The summed E-state index contributed by atoms with van der Waals surface area (Å²) in [6.45, 7) is 0. The Morgan fingerprint density at radius 3 is 2.00 bits per heavy atom. The zero-order valence-electron chi connectivity index (χ0n) is 10.2. The normalized spacial score (nSPS) is 10.4. The fraction of sp³-hybridized carbons (Fsp3) is 0. The summed E-state index contributed by atoms with van der Waals surface area (Å²) in [5.74, 6) is 5.49. The van der Waals surface area contributed by atoms with Crippen molar-refractivity contribution < 1.29 is 0 Å². The molecule has 0 unspecified atom stereocenters. The van der Waals surface area contributed by atoms with Crippen LogP contribution in [0.1, 0.15) is 0 Å². The Kier molecular flexibility index (Phi) is 3.27. The highest BCUT2D eigenvalue weighted by molar-refractivity contribution is 7.19. The standard InChI is InChI=1S/C15H13N3S/c16-18-15-17-13(11-7-3-1-4-8-11)14(19-15)12-9-5-2-6-10-12/h1-10H,16H2,(H,17,18). The zero-order valence-corrected chi connectivity index (χ0v) is 11.0. The Balaban J connectivity index is 2.17. The summed E-state index contributed by atoms with van der Waals surface area (Å²) in [4.78, 5) is 5.68. The van der Waals surface area contributed by atoms with Crippen molar-refractivity contribution in [2.75, 3.05) is 5.43 Å². The molecule has 2 aromatic carbocycles. The van der Waals surface area contributed by atoms with Crippen LogP contribution in [0.25, 0.3) is 21.7 Å². The van der Waals surface area contributed by atoms with Crippen LogP contribution in [0.3, 0.4) is 0 Å². The van der Waals surface area contributed by atoms with E-state index in [2.05, 4.69) is 34.7 Å². The van der Waals surface area contributed by atoms with Crippen molar-refractivity contribution in [3.63, 3.8) is 0 Å². The van der Waals surface area contributed by atoms with E-state index in [1.54, 1.807) is 11.3 Å². The highest BCUT2D eigenvalue weighted by Crippen LogP contribution is 2.38. The van der Waals surface area contributed by atoms with Gasteiger partial charge in [-0.15, -0.1) is 0 Å². The first kappa shape index (κ1) is 11.9. The number of nitrogens with zero attached hydrogens (tertiary/aromatic N) is 1. The van der Waals surface area contributed by atoms with Crippen molar-refractivity contribution in [1.29, 1.82) is 0 Å². The molecule has 3 rings (SSSR count). The third kappa shape index (κ3) is 2.36. The van der Waals surface area contributed by atoms with Crippen molar-refractivity contribution in [2.45, 2.75) is 0 Å². The van der Waals surface area contributed by atoms with Crippen LogP contribution < -0.4 is 11.3 Å². The molecule has 0 saturated carbocycles. The smallest absolute Gasteiger partial charge is 0.198 e. The minimum Gasteiger partial charge on any atom is -0.300 e. The van der Waals surface area contributed by atoms with E-state index in [1.165, 1.54) is 0 Å². The van der Waals surface area contributed by atoms with Gasteiger partial charge in [0.1, 0.15) is 0 Å². The molecule has 0 amide bonds. The number of nitrogens with one attached hydrogen (secondary N) is 1. The Morgan fingerprint density at radius 2 is 1.42 bits per heavy atom. The third-order valence-corrected chi connectivity index (χ3v) is 3.87. The highest BCUT2D eigenvalue weighted by Gasteiger charge is 2.13. The summed E-state index contributed by atoms with van der Waals surface area (Å²) in [7, 11) is 0. The van der Waals surface area contributed by atoms with Gasteiger partial charge in [-0.3, -0.25) is 5.43 Å². The first-order chi connectivity index (χ1) is 9.38. The van der Waals surface area contributed by atoms with E-state index < -0.39 is 0 Å². The number of aromatic nitrogens is 1. The first-order valence-electron chi connectivity index (χ1n) is 5.97. The third-order valence-electron chi connectivity index (χ3n) is 2.83. The van der Waals surface area contributed by atoms with Crippen LogP contribution in [0.15, 0.2) is 60.7 Å². The van der Waals surface area contributed by atoms with E-state index in [0.29, 0.717) is 0 Å². The average molecular weight is 267 g/mol. The molecular formula is C15H13N3S. The maximum Gasteiger partial charge on any atom is 0.198 e. The van der Waals surface area contributed by atoms with Gasteiger partial charge < -0.3 is 0 Å². The number of nitrogens with two attached hydrogens (primary N) is 1. The predicted molar refractivity (Wildman–Crippen MR) is 80.8 cm³/mol. The monoisotopic (exact) mass is 267 g/mol. The van der Waals surface area contributed by atoms with Crippen LogP contribution in [0.4, 0.5) is 5.13 Å². The van der Waals surface area contributed by atoms with Crippen LogP contribution in [-0.4, -0.2) is 4.98 Å². The van der Waals surface area contributed by atoms with Gasteiger partial charge in [0.2, 0.25) is 0 Å². The SMILES string of the molecule is NNc1nc(-c2ccccc2)c(-c2ccccc2)s1. The topological polar surface area (TPSA) is 50.9 Å². The molecule has 0 fully saturated rings. The lowest BCUT2D eigenvalue weighted by atomic mass is 10.1. The zero-order chi connectivity index (χ0) is 13.1. The molecule has 0 saturated heterocycles. The summed E-state index contributed by atoms with van der Waals surface area (Å²) in [5.41, 5.74) is 5.85. The van der Waals surface area contributed by atoms with Gasteiger partial charge in [-0.05, 0) is 5.56 Å². The van der Waals surface area contributed by atoms with Crippen LogP contribution in [0.2, 0.25) is 0 Å². The molecular weight excluding hydrogens is 254 g/mol. The number of anilines is 1. The molecule has 94 valence electrons. The van der Waals surface area contributed by atoms with Gasteiger partial charge in [0, 0.05) is 5.56 Å². The fourth-order valence-electron chi connectivity index (χ4n) is 1.96. The Hall–Kier alpha value is -2.17. The molecule has 0 spiro atoms. The van der Waals surface area contributed by atoms with Crippen molar-refractivity contribution in [1.82, 2.24) is 4.98 Å². The van der Waals surface area contributed by atoms with Crippen LogP contribution in [0, 0.1) is 0 Å². The second kappa shape index (κ2) is 5.22. The van der Waals surface area contributed by atoms with Gasteiger partial charge in [-0.2, -0.15) is 0 Å². The van der Waals surface area contributed by atoms with E-state index in [0.717, 1.165) is 26.8 Å². The molecule has 0 aliphatic carbocycles. The van der Waals surface area contributed by atoms with E-state index in [4.69, 9.17) is 5.84 Å². The van der Waals surface area contributed by atoms with Gasteiger partial charge in [0.15, 0.2) is 5.13 Å². The van der Waals surface area contributed by atoms with Crippen molar-refractivity contribution in [3.8, 4) is 21.7 Å². The number of hydrazine groups is 1. The lowest BCUT2D eigenvalue weighted by molar-refractivity contribution is 1.29. The van der Waals surface area contributed by atoms with Crippen LogP contribution in [0.5, 0.6) is 0 Å². The summed E-state index contributed by atoms with van der Waals surface area (Å²) in [6.07, 6.45) is 0. The van der Waals surface area contributed by atoms with Crippen molar-refractivity contribution in [3.05, 3.63) is 60.7 Å². The highest BCUT2D eigenvalue weighted by atomic mass is 32.1. The van der Waals surface area contributed by atoms with E-state index in [1.807, 2.05) is 36.4 Å². The Bertz CT molecular complexity index is 605. The second-order valence-electron chi connectivity index (χ2n) is 4.07. The number of nitrogen functional groups attached to an aromatic ring is 1. The first-order valence-corrected chi connectivity index (χ1v) is 6.78. The molecule has 3 N–H and O–H groups in total. The number of rotatable bonds is 3. The molecule has 1 heterocycles. The molecule has 0 radical (unpaired) electrons. The Labute approximate surface area is 115 Å². The number of thiazole rings is 1. The molecule has 0 bridgehead atoms. The number of hydrogen-bond donors (Lipinski definition) is 2. The van der Waals surface area contributed by atoms with E-state index >= 15 is 0 Å². The minimum absolute atomic E-state index is 0.720. The van der Waals surface area contributed by atoms with Gasteiger partial charge in [0.05, 0.1) is 10.6 Å².